The van der Waals surface area contributed by atoms with E-state index in [9.17, 15) is 4.79 Å². The minimum atomic E-state index is -0.0437. The highest BCUT2D eigenvalue weighted by atomic mass is 16.5. The van der Waals surface area contributed by atoms with Crippen molar-refractivity contribution in [3.8, 4) is 11.3 Å². The molecule has 8 nitrogen and oxygen atoms in total. The van der Waals surface area contributed by atoms with Crippen molar-refractivity contribution < 1.29 is 14.1 Å². The molecule has 158 valence electrons. The molecule has 1 aromatic carbocycles. The van der Waals surface area contributed by atoms with E-state index in [2.05, 4.69) is 20.4 Å². The molecule has 0 saturated carbocycles. The SMILES string of the molecule is COCCNC(=O)CCc1nc(N2CCCCC2)c2c(-c3ccccc3)noc2n1. The van der Waals surface area contributed by atoms with Crippen molar-refractivity contribution in [2.75, 3.05) is 38.3 Å². The largest absolute Gasteiger partial charge is 0.383 e. The van der Waals surface area contributed by atoms with Gasteiger partial charge >= 0.3 is 0 Å². The Bertz CT molecular complexity index is 983. The first-order chi connectivity index (χ1) is 14.8. The summed E-state index contributed by atoms with van der Waals surface area (Å²) in [7, 11) is 1.61. The number of aryl methyl sites for hydroxylation is 1. The number of hydrogen-bond donors (Lipinski definition) is 1. The molecule has 1 saturated heterocycles. The molecule has 1 aliphatic heterocycles. The van der Waals surface area contributed by atoms with Gasteiger partial charge in [-0.3, -0.25) is 4.79 Å². The van der Waals surface area contributed by atoms with Gasteiger partial charge in [0.2, 0.25) is 5.91 Å². The molecule has 4 rings (SSSR count). The molecule has 1 fully saturated rings. The number of methoxy groups -OCH3 is 1. The Hall–Kier alpha value is -3.00. The molecule has 1 amide bonds. The van der Waals surface area contributed by atoms with Gasteiger partial charge in [-0.2, -0.15) is 4.98 Å². The zero-order valence-electron chi connectivity index (χ0n) is 17.3. The number of benzene rings is 1. The number of fused-ring (bicyclic) bond motifs is 1. The molecule has 0 atom stereocenters. The van der Waals surface area contributed by atoms with Gasteiger partial charge in [0.1, 0.15) is 22.7 Å². The van der Waals surface area contributed by atoms with E-state index in [1.165, 1.54) is 6.42 Å². The van der Waals surface area contributed by atoms with Crippen LogP contribution in [0, 0.1) is 0 Å². The van der Waals surface area contributed by atoms with E-state index in [-0.39, 0.29) is 5.91 Å². The van der Waals surface area contributed by atoms with Crippen molar-refractivity contribution in [2.45, 2.75) is 32.1 Å². The summed E-state index contributed by atoms with van der Waals surface area (Å²) < 4.78 is 10.6. The smallest absolute Gasteiger partial charge is 0.263 e. The first kappa shape index (κ1) is 20.3. The Morgan fingerprint density at radius 1 is 1.17 bits per heavy atom. The van der Waals surface area contributed by atoms with Crippen LogP contribution in [0.25, 0.3) is 22.4 Å². The number of carbonyl (C=O) groups is 1. The standard InChI is InChI=1S/C22H27N5O3/c1-29-15-12-23-18(28)11-10-17-24-21(27-13-6-3-7-14-27)19-20(26-30-22(19)25-17)16-8-4-2-5-9-16/h2,4-5,8-9H,3,6-7,10-15H2,1H3,(H,23,28). The Morgan fingerprint density at radius 2 is 1.97 bits per heavy atom. The number of ether oxygens (including phenoxy) is 1. The Morgan fingerprint density at radius 3 is 2.73 bits per heavy atom. The minimum absolute atomic E-state index is 0.0437. The number of aromatic nitrogens is 3. The van der Waals surface area contributed by atoms with Gasteiger partial charge in [0, 0.05) is 45.1 Å². The predicted molar refractivity (Wildman–Crippen MR) is 114 cm³/mol. The van der Waals surface area contributed by atoms with Crippen LogP contribution in [0.4, 0.5) is 5.82 Å². The zero-order chi connectivity index (χ0) is 20.8. The molecule has 1 aliphatic rings. The molecule has 2 aromatic heterocycles. The first-order valence-electron chi connectivity index (χ1n) is 10.5. The number of anilines is 1. The van der Waals surface area contributed by atoms with E-state index in [0.717, 1.165) is 48.4 Å². The van der Waals surface area contributed by atoms with Crippen LogP contribution in [-0.2, 0) is 16.0 Å². The molecule has 8 heteroatoms. The Labute approximate surface area is 175 Å². The second kappa shape index (κ2) is 9.67. The Balaban J connectivity index is 1.64. The third-order valence-corrected chi connectivity index (χ3v) is 5.27. The van der Waals surface area contributed by atoms with E-state index >= 15 is 0 Å². The summed E-state index contributed by atoms with van der Waals surface area (Å²) >= 11 is 0. The monoisotopic (exact) mass is 409 g/mol. The maximum absolute atomic E-state index is 12.1. The lowest BCUT2D eigenvalue weighted by Gasteiger charge is -2.28. The van der Waals surface area contributed by atoms with Crippen molar-refractivity contribution in [1.29, 1.82) is 0 Å². The fraction of sp³-hybridized carbons (Fsp3) is 0.455. The van der Waals surface area contributed by atoms with Crippen LogP contribution < -0.4 is 10.2 Å². The van der Waals surface area contributed by atoms with E-state index < -0.39 is 0 Å². The van der Waals surface area contributed by atoms with Crippen molar-refractivity contribution in [3.63, 3.8) is 0 Å². The Kier molecular flexibility index (Phi) is 6.53. The molecule has 3 aromatic rings. The molecule has 30 heavy (non-hydrogen) atoms. The topological polar surface area (TPSA) is 93.4 Å². The number of carbonyl (C=O) groups excluding carboxylic acids is 1. The lowest BCUT2D eigenvalue weighted by atomic mass is 10.1. The van der Waals surface area contributed by atoms with Crippen molar-refractivity contribution in [1.82, 2.24) is 20.4 Å². The highest BCUT2D eigenvalue weighted by Crippen LogP contribution is 2.34. The van der Waals surface area contributed by atoms with Crippen LogP contribution in [0.15, 0.2) is 34.9 Å². The molecule has 1 N–H and O–H groups in total. The predicted octanol–water partition coefficient (Wildman–Crippen LogP) is 2.97. The molecule has 3 heterocycles. The zero-order valence-corrected chi connectivity index (χ0v) is 17.3. The average molecular weight is 409 g/mol. The number of nitrogens with zero attached hydrogens (tertiary/aromatic N) is 4. The molecular weight excluding hydrogens is 382 g/mol. The van der Waals surface area contributed by atoms with Gasteiger partial charge in [0.25, 0.3) is 5.71 Å². The highest BCUT2D eigenvalue weighted by Gasteiger charge is 2.23. The summed E-state index contributed by atoms with van der Waals surface area (Å²) in [5.41, 5.74) is 2.21. The summed E-state index contributed by atoms with van der Waals surface area (Å²) in [5, 5.41) is 7.98. The van der Waals surface area contributed by atoms with Crippen LogP contribution in [0.1, 0.15) is 31.5 Å². The molecule has 0 spiro atoms. The van der Waals surface area contributed by atoms with Gasteiger partial charge in [-0.25, -0.2) is 4.98 Å². The fourth-order valence-corrected chi connectivity index (χ4v) is 3.73. The average Bonchev–Trinajstić information content (AvgIpc) is 3.22. The van der Waals surface area contributed by atoms with E-state index in [4.69, 9.17) is 14.2 Å². The minimum Gasteiger partial charge on any atom is -0.383 e. The summed E-state index contributed by atoms with van der Waals surface area (Å²) in [4.78, 5) is 23.8. The van der Waals surface area contributed by atoms with Crippen LogP contribution in [0.3, 0.4) is 0 Å². The lowest BCUT2D eigenvalue weighted by Crippen LogP contribution is -2.31. The highest BCUT2D eigenvalue weighted by molar-refractivity contribution is 5.98. The number of amides is 1. The van der Waals surface area contributed by atoms with Crippen molar-refractivity contribution >= 4 is 22.8 Å². The quantitative estimate of drug-likeness (QED) is 0.572. The number of piperidine rings is 1. The molecular formula is C22H27N5O3. The normalized spacial score (nSPS) is 14.2. The van der Waals surface area contributed by atoms with Crippen LogP contribution >= 0.6 is 0 Å². The summed E-state index contributed by atoms with van der Waals surface area (Å²) in [6, 6.07) is 9.95. The van der Waals surface area contributed by atoms with Crippen LogP contribution in [0.5, 0.6) is 0 Å². The third-order valence-electron chi connectivity index (χ3n) is 5.27. The molecule has 0 radical (unpaired) electrons. The van der Waals surface area contributed by atoms with Gasteiger partial charge in [0.05, 0.1) is 6.61 Å². The van der Waals surface area contributed by atoms with Gasteiger partial charge in [-0.1, -0.05) is 35.5 Å². The summed E-state index contributed by atoms with van der Waals surface area (Å²) in [6.45, 7) is 2.88. The maximum atomic E-state index is 12.1. The summed E-state index contributed by atoms with van der Waals surface area (Å²) in [5.74, 6) is 1.41. The second-order valence-electron chi connectivity index (χ2n) is 7.43. The van der Waals surface area contributed by atoms with Crippen LogP contribution in [-0.4, -0.2) is 54.4 Å². The third kappa shape index (κ3) is 4.59. The maximum Gasteiger partial charge on any atom is 0.263 e. The summed E-state index contributed by atoms with van der Waals surface area (Å²) in [6.07, 6.45) is 4.25. The van der Waals surface area contributed by atoms with Gasteiger partial charge in [-0.15, -0.1) is 0 Å². The molecule has 0 aliphatic carbocycles. The van der Waals surface area contributed by atoms with E-state index in [1.54, 1.807) is 7.11 Å². The van der Waals surface area contributed by atoms with Gasteiger partial charge in [-0.05, 0) is 19.3 Å². The molecule has 0 bridgehead atoms. The first-order valence-corrected chi connectivity index (χ1v) is 10.5. The lowest BCUT2D eigenvalue weighted by molar-refractivity contribution is -0.121. The van der Waals surface area contributed by atoms with Crippen molar-refractivity contribution in [2.24, 2.45) is 0 Å². The van der Waals surface area contributed by atoms with E-state index in [1.807, 2.05) is 30.3 Å². The van der Waals surface area contributed by atoms with Crippen molar-refractivity contribution in [3.05, 3.63) is 36.2 Å². The number of nitrogens with one attached hydrogen (secondary N) is 1. The van der Waals surface area contributed by atoms with Crippen LogP contribution in [0.2, 0.25) is 0 Å². The second-order valence-corrected chi connectivity index (χ2v) is 7.43. The number of rotatable bonds is 8. The van der Waals surface area contributed by atoms with Gasteiger partial charge in [0.15, 0.2) is 0 Å². The van der Waals surface area contributed by atoms with E-state index in [0.29, 0.717) is 37.5 Å². The molecule has 0 unspecified atom stereocenters. The fourth-order valence-electron chi connectivity index (χ4n) is 3.73. The number of hydrogen-bond acceptors (Lipinski definition) is 7. The van der Waals surface area contributed by atoms with Gasteiger partial charge < -0.3 is 19.5 Å².